The molecule has 0 bridgehead atoms. The number of carbonyl (C=O) groups excluding carboxylic acids is 1. The molecule has 5 heteroatoms. The van der Waals surface area contributed by atoms with Crippen molar-refractivity contribution < 1.29 is 14.3 Å². The molecule has 0 spiro atoms. The van der Waals surface area contributed by atoms with Crippen LogP contribution in [0, 0.1) is 17.7 Å². The number of benzene rings is 1. The molecule has 2 aliphatic rings. The minimum atomic E-state index is -0.276. The normalized spacial score (nSPS) is 24.9. The summed E-state index contributed by atoms with van der Waals surface area (Å²) >= 11 is 0. The van der Waals surface area contributed by atoms with Crippen LogP contribution in [0.4, 0.5) is 9.18 Å². The Kier molecular flexibility index (Phi) is 5.51. The Morgan fingerprint density at radius 2 is 2.08 bits per heavy atom. The molecule has 0 aromatic heterocycles. The van der Waals surface area contributed by atoms with Gasteiger partial charge in [-0.1, -0.05) is 37.1 Å². The van der Waals surface area contributed by atoms with Crippen LogP contribution in [0.3, 0.4) is 0 Å². The Morgan fingerprint density at radius 1 is 1.29 bits per heavy atom. The van der Waals surface area contributed by atoms with Gasteiger partial charge in [-0.3, -0.25) is 0 Å². The fraction of sp³-hybridized carbons (Fsp3) is 0.526. The zero-order valence-electron chi connectivity index (χ0n) is 13.7. The number of carbonyl (C=O) groups is 1. The van der Waals surface area contributed by atoms with Gasteiger partial charge in [-0.05, 0) is 42.9 Å². The number of halogens is 1. The van der Waals surface area contributed by atoms with Gasteiger partial charge >= 0.3 is 6.03 Å². The van der Waals surface area contributed by atoms with Crippen molar-refractivity contribution in [2.45, 2.75) is 44.2 Å². The van der Waals surface area contributed by atoms with Gasteiger partial charge in [-0.2, -0.15) is 0 Å². The number of aliphatic hydroxyl groups is 1. The van der Waals surface area contributed by atoms with Crippen molar-refractivity contribution in [3.8, 4) is 0 Å². The second-order valence-electron chi connectivity index (χ2n) is 6.86. The van der Waals surface area contributed by atoms with Crippen molar-refractivity contribution in [1.82, 2.24) is 10.6 Å². The van der Waals surface area contributed by atoms with Gasteiger partial charge < -0.3 is 15.7 Å². The zero-order valence-corrected chi connectivity index (χ0v) is 13.7. The van der Waals surface area contributed by atoms with Crippen LogP contribution >= 0.6 is 0 Å². The molecule has 3 atom stereocenters. The Bertz CT molecular complexity index is 599. The highest BCUT2D eigenvalue weighted by molar-refractivity contribution is 5.75. The standard InChI is InChI=1S/C19H25FN2O2/c20-16-7-3-6-15(11-16)18(14-4-1-2-5-14)22-19(24)21-17-9-8-13(10-17)12-23/h3,6-9,11,13-14,17-18,23H,1-2,4-5,10,12H2,(H2,21,22,24)/t13-,17+,18?/m0/s1. The third-order valence-corrected chi connectivity index (χ3v) is 5.09. The molecule has 0 radical (unpaired) electrons. The lowest BCUT2D eigenvalue weighted by Gasteiger charge is -2.26. The Balaban J connectivity index is 1.65. The van der Waals surface area contributed by atoms with E-state index in [0.717, 1.165) is 37.7 Å². The van der Waals surface area contributed by atoms with Crippen LogP contribution < -0.4 is 10.6 Å². The molecule has 0 saturated heterocycles. The van der Waals surface area contributed by atoms with Crippen LogP contribution in [-0.4, -0.2) is 23.8 Å². The van der Waals surface area contributed by atoms with Gasteiger partial charge in [-0.15, -0.1) is 0 Å². The lowest BCUT2D eigenvalue weighted by atomic mass is 9.91. The molecule has 1 saturated carbocycles. The number of urea groups is 1. The van der Waals surface area contributed by atoms with Crippen LogP contribution in [0.5, 0.6) is 0 Å². The van der Waals surface area contributed by atoms with E-state index in [1.807, 2.05) is 18.2 Å². The molecule has 0 heterocycles. The monoisotopic (exact) mass is 332 g/mol. The minimum absolute atomic E-state index is 0.0566. The highest BCUT2D eigenvalue weighted by atomic mass is 19.1. The summed E-state index contributed by atoms with van der Waals surface area (Å²) < 4.78 is 13.6. The summed E-state index contributed by atoms with van der Waals surface area (Å²) in [5.41, 5.74) is 0.826. The maximum Gasteiger partial charge on any atom is 0.315 e. The van der Waals surface area contributed by atoms with E-state index in [1.165, 1.54) is 12.1 Å². The van der Waals surface area contributed by atoms with Crippen molar-refractivity contribution in [2.75, 3.05) is 6.61 Å². The summed E-state index contributed by atoms with van der Waals surface area (Å²) in [6.07, 6.45) is 9.00. The lowest BCUT2D eigenvalue weighted by molar-refractivity contribution is 0.224. The molecule has 3 N–H and O–H groups in total. The fourth-order valence-corrected chi connectivity index (χ4v) is 3.83. The molecule has 3 rings (SSSR count). The largest absolute Gasteiger partial charge is 0.396 e. The lowest BCUT2D eigenvalue weighted by Crippen LogP contribution is -2.44. The summed E-state index contributed by atoms with van der Waals surface area (Å²) in [5.74, 6) is 0.188. The first-order chi connectivity index (χ1) is 11.7. The second-order valence-corrected chi connectivity index (χ2v) is 6.86. The average Bonchev–Trinajstić information content (AvgIpc) is 3.24. The van der Waals surface area contributed by atoms with Crippen molar-refractivity contribution in [2.24, 2.45) is 11.8 Å². The van der Waals surface area contributed by atoms with Gasteiger partial charge in [-0.25, -0.2) is 9.18 Å². The van der Waals surface area contributed by atoms with E-state index in [1.54, 1.807) is 6.07 Å². The van der Waals surface area contributed by atoms with Gasteiger partial charge in [0.25, 0.3) is 0 Å². The molecule has 1 aromatic rings. The number of aliphatic hydroxyl groups excluding tert-OH is 1. The molecule has 2 amide bonds. The first-order valence-electron chi connectivity index (χ1n) is 8.77. The van der Waals surface area contributed by atoms with Crippen molar-refractivity contribution in [1.29, 1.82) is 0 Å². The summed E-state index contributed by atoms with van der Waals surface area (Å²) in [6, 6.07) is 6.06. The molecule has 2 aliphatic carbocycles. The van der Waals surface area contributed by atoms with Crippen LogP contribution in [0.15, 0.2) is 36.4 Å². The van der Waals surface area contributed by atoms with Gasteiger partial charge in [0.2, 0.25) is 0 Å². The van der Waals surface area contributed by atoms with E-state index in [4.69, 9.17) is 5.11 Å². The van der Waals surface area contributed by atoms with Crippen molar-refractivity contribution in [3.63, 3.8) is 0 Å². The van der Waals surface area contributed by atoms with Gasteiger partial charge in [0.05, 0.1) is 6.04 Å². The maximum absolute atomic E-state index is 13.6. The van der Waals surface area contributed by atoms with Crippen molar-refractivity contribution in [3.05, 3.63) is 47.8 Å². The molecule has 130 valence electrons. The van der Waals surface area contributed by atoms with E-state index in [2.05, 4.69) is 10.6 Å². The molecule has 4 nitrogen and oxygen atoms in total. The second kappa shape index (κ2) is 7.79. The van der Waals surface area contributed by atoms with E-state index in [-0.39, 0.29) is 36.5 Å². The van der Waals surface area contributed by atoms with Crippen molar-refractivity contribution >= 4 is 6.03 Å². The summed E-state index contributed by atoms with van der Waals surface area (Å²) in [6.45, 7) is 0.101. The minimum Gasteiger partial charge on any atom is -0.396 e. The predicted octanol–water partition coefficient (Wildman–Crippen LogP) is 3.29. The summed E-state index contributed by atoms with van der Waals surface area (Å²) in [4.78, 5) is 12.4. The molecule has 1 aromatic carbocycles. The first-order valence-corrected chi connectivity index (χ1v) is 8.77. The molecular weight excluding hydrogens is 307 g/mol. The van der Waals surface area contributed by atoms with Crippen LogP contribution in [-0.2, 0) is 0 Å². The third-order valence-electron chi connectivity index (χ3n) is 5.09. The van der Waals surface area contributed by atoms with Crippen LogP contribution in [0.2, 0.25) is 0 Å². The number of rotatable bonds is 5. The van der Waals surface area contributed by atoms with E-state index < -0.39 is 0 Å². The number of hydrogen-bond acceptors (Lipinski definition) is 2. The third kappa shape index (κ3) is 4.15. The van der Waals surface area contributed by atoms with E-state index in [0.29, 0.717) is 5.92 Å². The van der Waals surface area contributed by atoms with Crippen LogP contribution in [0.25, 0.3) is 0 Å². The molecule has 1 fully saturated rings. The Hall–Kier alpha value is -1.88. The summed E-state index contributed by atoms with van der Waals surface area (Å²) in [7, 11) is 0. The quantitative estimate of drug-likeness (QED) is 0.725. The fourth-order valence-electron chi connectivity index (χ4n) is 3.83. The topological polar surface area (TPSA) is 61.4 Å². The first kappa shape index (κ1) is 17.0. The van der Waals surface area contributed by atoms with E-state index in [9.17, 15) is 9.18 Å². The number of nitrogens with one attached hydrogen (secondary N) is 2. The Labute approximate surface area is 142 Å². The van der Waals surface area contributed by atoms with Gasteiger partial charge in [0, 0.05) is 18.6 Å². The smallest absolute Gasteiger partial charge is 0.315 e. The van der Waals surface area contributed by atoms with Gasteiger partial charge in [0.15, 0.2) is 0 Å². The molecular formula is C19H25FN2O2. The average molecular weight is 332 g/mol. The highest BCUT2D eigenvalue weighted by Gasteiger charge is 2.29. The zero-order chi connectivity index (χ0) is 16.9. The molecule has 1 unspecified atom stereocenters. The Morgan fingerprint density at radius 3 is 2.75 bits per heavy atom. The molecule has 24 heavy (non-hydrogen) atoms. The van der Waals surface area contributed by atoms with Gasteiger partial charge in [0.1, 0.15) is 5.82 Å². The molecule has 0 aliphatic heterocycles. The van der Waals surface area contributed by atoms with E-state index >= 15 is 0 Å². The number of amides is 2. The SMILES string of the molecule is O=C(NC(c1cccc(F)c1)C1CCCC1)N[C@@H]1C=C[C@H](CO)C1. The highest BCUT2D eigenvalue weighted by Crippen LogP contribution is 2.35. The summed E-state index contributed by atoms with van der Waals surface area (Å²) in [5, 5.41) is 15.2. The number of hydrogen-bond donors (Lipinski definition) is 3. The maximum atomic E-state index is 13.6. The van der Waals surface area contributed by atoms with Crippen LogP contribution in [0.1, 0.15) is 43.7 Å². The predicted molar refractivity (Wildman–Crippen MR) is 90.9 cm³/mol.